The average Bonchev–Trinajstić information content (AvgIpc) is 2.00. The van der Waals surface area contributed by atoms with Crippen LogP contribution in [0.3, 0.4) is 0 Å². The van der Waals surface area contributed by atoms with E-state index in [2.05, 4.69) is 10.6 Å². The van der Waals surface area contributed by atoms with Crippen molar-refractivity contribution in [1.82, 2.24) is 5.32 Å². The second kappa shape index (κ2) is 2.74. The average molecular weight is 190 g/mol. The molecule has 1 aromatic rings. The molecule has 0 bridgehead atoms. The molecule has 1 amide bonds. The van der Waals surface area contributed by atoms with Crippen LogP contribution in [0.4, 0.5) is 5.69 Å². The number of fused-ring (bicyclic) bond motifs is 1. The van der Waals surface area contributed by atoms with Gasteiger partial charge in [0.2, 0.25) is 0 Å². The molecular weight excluding hydrogens is 176 g/mol. The fourth-order valence-corrected chi connectivity index (χ4v) is 1.68. The molecule has 2 N–H and O–H groups in total. The SMILES string of the molecule is Cc1ccc2c(c1)NC(C)(C)NC2=O. The van der Waals surface area contributed by atoms with E-state index in [0.717, 1.165) is 16.8 Å². The molecular formula is C11H14N2O. The van der Waals surface area contributed by atoms with Crippen LogP contribution in [0.5, 0.6) is 0 Å². The molecule has 3 nitrogen and oxygen atoms in total. The Bertz CT molecular complexity index is 396. The van der Waals surface area contributed by atoms with Crippen molar-refractivity contribution in [2.45, 2.75) is 26.4 Å². The van der Waals surface area contributed by atoms with E-state index in [9.17, 15) is 4.79 Å². The molecule has 0 fully saturated rings. The Labute approximate surface area is 83.5 Å². The Hall–Kier alpha value is -1.51. The quantitative estimate of drug-likeness (QED) is 0.656. The number of anilines is 1. The highest BCUT2D eigenvalue weighted by Gasteiger charge is 2.28. The van der Waals surface area contributed by atoms with Crippen molar-refractivity contribution in [3.63, 3.8) is 0 Å². The molecule has 1 aromatic carbocycles. The fraction of sp³-hybridized carbons (Fsp3) is 0.364. The highest BCUT2D eigenvalue weighted by Crippen LogP contribution is 2.25. The molecule has 3 heteroatoms. The molecule has 1 aliphatic rings. The van der Waals surface area contributed by atoms with Crippen LogP contribution >= 0.6 is 0 Å². The van der Waals surface area contributed by atoms with Crippen molar-refractivity contribution >= 4 is 11.6 Å². The normalized spacial score (nSPS) is 18.1. The fourth-order valence-electron chi connectivity index (χ4n) is 1.68. The summed E-state index contributed by atoms with van der Waals surface area (Å²) in [6, 6.07) is 5.79. The number of hydrogen-bond donors (Lipinski definition) is 2. The van der Waals surface area contributed by atoms with Gasteiger partial charge < -0.3 is 10.6 Å². The van der Waals surface area contributed by atoms with Crippen LogP contribution in [-0.4, -0.2) is 11.6 Å². The zero-order chi connectivity index (χ0) is 10.3. The number of amides is 1. The van der Waals surface area contributed by atoms with Gasteiger partial charge in [-0.15, -0.1) is 0 Å². The standard InChI is InChI=1S/C11H14N2O/c1-7-4-5-8-9(6-7)12-11(2,3)13-10(8)14/h4-6,12H,1-3H3,(H,13,14). The van der Waals surface area contributed by atoms with Gasteiger partial charge in [-0.1, -0.05) is 6.07 Å². The summed E-state index contributed by atoms with van der Waals surface area (Å²) in [5, 5.41) is 6.16. The summed E-state index contributed by atoms with van der Waals surface area (Å²) < 4.78 is 0. The summed E-state index contributed by atoms with van der Waals surface area (Å²) in [5.74, 6) is -0.0104. The largest absolute Gasteiger partial charge is 0.363 e. The third-order valence-corrected chi connectivity index (χ3v) is 2.29. The maximum Gasteiger partial charge on any atom is 0.255 e. The number of rotatable bonds is 0. The van der Waals surface area contributed by atoms with Gasteiger partial charge >= 0.3 is 0 Å². The lowest BCUT2D eigenvalue weighted by atomic mass is 10.0. The Morgan fingerprint density at radius 2 is 1.93 bits per heavy atom. The van der Waals surface area contributed by atoms with E-state index in [1.807, 2.05) is 39.0 Å². The summed E-state index contributed by atoms with van der Waals surface area (Å²) in [5.41, 5.74) is 2.42. The van der Waals surface area contributed by atoms with Crippen molar-refractivity contribution in [2.24, 2.45) is 0 Å². The summed E-state index contributed by atoms with van der Waals surface area (Å²) >= 11 is 0. The van der Waals surface area contributed by atoms with Crippen LogP contribution < -0.4 is 10.6 Å². The van der Waals surface area contributed by atoms with Gasteiger partial charge in [0.15, 0.2) is 0 Å². The minimum absolute atomic E-state index is 0.0104. The predicted molar refractivity (Wildman–Crippen MR) is 56.3 cm³/mol. The molecule has 1 aliphatic heterocycles. The number of aryl methyl sites for hydroxylation is 1. The molecule has 0 aliphatic carbocycles. The van der Waals surface area contributed by atoms with E-state index in [1.165, 1.54) is 0 Å². The molecule has 0 unspecified atom stereocenters. The molecule has 0 atom stereocenters. The van der Waals surface area contributed by atoms with E-state index in [1.54, 1.807) is 0 Å². The van der Waals surface area contributed by atoms with Gasteiger partial charge in [0, 0.05) is 5.69 Å². The number of carbonyl (C=O) groups is 1. The molecule has 0 radical (unpaired) electrons. The highest BCUT2D eigenvalue weighted by atomic mass is 16.2. The van der Waals surface area contributed by atoms with Gasteiger partial charge in [-0.05, 0) is 38.5 Å². The number of carbonyl (C=O) groups excluding carboxylic acids is 1. The van der Waals surface area contributed by atoms with Gasteiger partial charge in [-0.2, -0.15) is 0 Å². The van der Waals surface area contributed by atoms with Crippen LogP contribution in [0, 0.1) is 6.92 Å². The van der Waals surface area contributed by atoms with Gasteiger partial charge in [-0.25, -0.2) is 0 Å². The number of nitrogens with one attached hydrogen (secondary N) is 2. The van der Waals surface area contributed by atoms with Crippen molar-refractivity contribution < 1.29 is 4.79 Å². The van der Waals surface area contributed by atoms with E-state index in [4.69, 9.17) is 0 Å². The zero-order valence-electron chi connectivity index (χ0n) is 8.64. The first-order valence-corrected chi connectivity index (χ1v) is 4.69. The van der Waals surface area contributed by atoms with E-state index < -0.39 is 0 Å². The Balaban J connectivity index is 2.51. The van der Waals surface area contributed by atoms with E-state index in [0.29, 0.717) is 0 Å². The van der Waals surface area contributed by atoms with Crippen LogP contribution in [0.15, 0.2) is 18.2 Å². The topological polar surface area (TPSA) is 41.1 Å². The highest BCUT2D eigenvalue weighted by molar-refractivity contribution is 6.02. The van der Waals surface area contributed by atoms with E-state index in [-0.39, 0.29) is 11.6 Å². The first-order chi connectivity index (χ1) is 6.48. The first-order valence-electron chi connectivity index (χ1n) is 4.69. The zero-order valence-corrected chi connectivity index (χ0v) is 8.64. The predicted octanol–water partition coefficient (Wildman–Crippen LogP) is 1.89. The minimum Gasteiger partial charge on any atom is -0.363 e. The lowest BCUT2D eigenvalue weighted by Gasteiger charge is -2.34. The maximum absolute atomic E-state index is 11.7. The summed E-state index contributed by atoms with van der Waals surface area (Å²) in [6.07, 6.45) is 0. The molecule has 1 heterocycles. The Morgan fingerprint density at radius 1 is 1.21 bits per heavy atom. The molecule has 74 valence electrons. The second-order valence-electron chi connectivity index (χ2n) is 4.25. The maximum atomic E-state index is 11.7. The van der Waals surface area contributed by atoms with Gasteiger partial charge in [0.05, 0.1) is 5.56 Å². The molecule has 0 saturated heterocycles. The van der Waals surface area contributed by atoms with E-state index >= 15 is 0 Å². The van der Waals surface area contributed by atoms with Crippen molar-refractivity contribution in [3.8, 4) is 0 Å². The minimum atomic E-state index is -0.363. The summed E-state index contributed by atoms with van der Waals surface area (Å²) in [7, 11) is 0. The molecule has 14 heavy (non-hydrogen) atoms. The number of hydrogen-bond acceptors (Lipinski definition) is 2. The third-order valence-electron chi connectivity index (χ3n) is 2.29. The van der Waals surface area contributed by atoms with Crippen LogP contribution in [-0.2, 0) is 0 Å². The van der Waals surface area contributed by atoms with Gasteiger partial charge in [0.25, 0.3) is 5.91 Å². The Morgan fingerprint density at radius 3 is 2.64 bits per heavy atom. The van der Waals surface area contributed by atoms with Crippen LogP contribution in [0.1, 0.15) is 29.8 Å². The first kappa shape index (κ1) is 9.06. The van der Waals surface area contributed by atoms with Crippen LogP contribution in [0.2, 0.25) is 0 Å². The van der Waals surface area contributed by atoms with Crippen molar-refractivity contribution in [2.75, 3.05) is 5.32 Å². The molecule has 2 rings (SSSR count). The van der Waals surface area contributed by atoms with Crippen LogP contribution in [0.25, 0.3) is 0 Å². The third kappa shape index (κ3) is 1.45. The second-order valence-corrected chi connectivity index (χ2v) is 4.25. The molecule has 0 aromatic heterocycles. The van der Waals surface area contributed by atoms with Crippen molar-refractivity contribution in [3.05, 3.63) is 29.3 Å². The van der Waals surface area contributed by atoms with Crippen molar-refractivity contribution in [1.29, 1.82) is 0 Å². The summed E-state index contributed by atoms with van der Waals surface area (Å²) in [4.78, 5) is 11.7. The smallest absolute Gasteiger partial charge is 0.255 e. The van der Waals surface area contributed by atoms with Gasteiger partial charge in [0.1, 0.15) is 5.66 Å². The lowest BCUT2D eigenvalue weighted by Crippen LogP contribution is -2.53. The number of benzene rings is 1. The van der Waals surface area contributed by atoms with Gasteiger partial charge in [-0.3, -0.25) is 4.79 Å². The summed E-state index contributed by atoms with van der Waals surface area (Å²) in [6.45, 7) is 5.90. The molecule has 0 saturated carbocycles. The lowest BCUT2D eigenvalue weighted by molar-refractivity contribution is 0.0914. The Kier molecular flexibility index (Phi) is 1.77. The monoisotopic (exact) mass is 190 g/mol. The molecule has 0 spiro atoms.